The van der Waals surface area contributed by atoms with E-state index in [4.69, 9.17) is 0 Å². The summed E-state index contributed by atoms with van der Waals surface area (Å²) in [6.07, 6.45) is 0. The lowest BCUT2D eigenvalue weighted by molar-refractivity contribution is 1.15. The number of benzene rings is 2. The van der Waals surface area contributed by atoms with Crippen molar-refractivity contribution >= 4 is 50.5 Å². The molecule has 17 heavy (non-hydrogen) atoms. The summed E-state index contributed by atoms with van der Waals surface area (Å²) in [5.41, 5.74) is 2.64. The summed E-state index contributed by atoms with van der Waals surface area (Å²) in [5, 5.41) is 2.76. The first-order valence-electron chi connectivity index (χ1n) is 5.76. The number of hydrogen-bond donors (Lipinski definition) is 0. The quantitative estimate of drug-likeness (QED) is 0.589. The van der Waals surface area contributed by atoms with Gasteiger partial charge in [-0.2, -0.15) is 0 Å². The minimum Gasteiger partial charge on any atom is -0.377 e. The molecule has 0 saturated carbocycles. The maximum absolute atomic E-state index is 2.29. The summed E-state index contributed by atoms with van der Waals surface area (Å²) < 4.78 is 2.76. The van der Waals surface area contributed by atoms with Crippen LogP contribution in [0.25, 0.3) is 20.2 Å². The van der Waals surface area contributed by atoms with E-state index in [1.165, 1.54) is 31.3 Å². The molecule has 0 unspecified atom stereocenters. The topological polar surface area (TPSA) is 3.24 Å². The van der Waals surface area contributed by atoms with E-state index in [0.29, 0.717) is 0 Å². The average Bonchev–Trinajstić information content (AvgIpc) is 2.66. The molecule has 0 spiro atoms. The smallest absolute Gasteiger partial charge is 0.139 e. The molecule has 0 atom stereocenters. The summed E-state index contributed by atoms with van der Waals surface area (Å²) in [4.78, 5) is 2.20. The van der Waals surface area contributed by atoms with Crippen LogP contribution in [0.4, 0.5) is 5.69 Å². The van der Waals surface area contributed by atoms with Crippen molar-refractivity contribution in [1.29, 1.82) is 0 Å². The van der Waals surface area contributed by atoms with Crippen LogP contribution >= 0.6 is 11.3 Å². The SMILES string of the molecule is Bc1cc(N(C)C)c2sc3ccccc3c2c1. The van der Waals surface area contributed by atoms with Crippen molar-refractivity contribution < 1.29 is 0 Å². The Hall–Kier alpha value is -1.48. The van der Waals surface area contributed by atoms with Gasteiger partial charge in [0, 0.05) is 29.6 Å². The van der Waals surface area contributed by atoms with Crippen LogP contribution in [0.2, 0.25) is 0 Å². The van der Waals surface area contributed by atoms with Gasteiger partial charge in [0.1, 0.15) is 7.85 Å². The third-order valence-electron chi connectivity index (χ3n) is 3.08. The summed E-state index contributed by atoms with van der Waals surface area (Å²) in [7, 11) is 6.38. The number of hydrogen-bond acceptors (Lipinski definition) is 2. The maximum Gasteiger partial charge on any atom is 0.139 e. The van der Waals surface area contributed by atoms with E-state index >= 15 is 0 Å². The second-order valence-electron chi connectivity index (χ2n) is 4.65. The first-order chi connectivity index (χ1) is 8.16. The number of nitrogens with zero attached hydrogens (tertiary/aromatic N) is 1. The van der Waals surface area contributed by atoms with Crippen LogP contribution in [0.5, 0.6) is 0 Å². The minimum absolute atomic E-state index is 1.32. The standard InChI is InChI=1S/C14H14BNS/c1-16(2)12-8-9(15)7-11-10-5-3-4-6-13(10)17-14(11)12/h3-8H,15H2,1-2H3. The van der Waals surface area contributed by atoms with Crippen LogP contribution in [-0.2, 0) is 0 Å². The van der Waals surface area contributed by atoms with E-state index in [-0.39, 0.29) is 0 Å². The van der Waals surface area contributed by atoms with Crippen molar-refractivity contribution in [2.75, 3.05) is 19.0 Å². The lowest BCUT2D eigenvalue weighted by Crippen LogP contribution is -2.12. The van der Waals surface area contributed by atoms with Crippen LogP contribution < -0.4 is 10.4 Å². The molecule has 1 heterocycles. The summed E-state index contributed by atoms with van der Waals surface area (Å²) >= 11 is 1.88. The van der Waals surface area contributed by atoms with Gasteiger partial charge in [-0.3, -0.25) is 0 Å². The van der Waals surface area contributed by atoms with Crippen LogP contribution in [0.15, 0.2) is 36.4 Å². The molecule has 84 valence electrons. The molecule has 3 rings (SSSR count). The van der Waals surface area contributed by atoms with Gasteiger partial charge in [-0.1, -0.05) is 29.7 Å². The van der Waals surface area contributed by atoms with Crippen molar-refractivity contribution in [3.63, 3.8) is 0 Å². The van der Waals surface area contributed by atoms with E-state index in [1.807, 2.05) is 11.3 Å². The maximum atomic E-state index is 2.29. The molecule has 0 aliphatic rings. The largest absolute Gasteiger partial charge is 0.377 e. The molecule has 0 N–H and O–H groups in total. The molecule has 3 aromatic rings. The second-order valence-corrected chi connectivity index (χ2v) is 5.71. The highest BCUT2D eigenvalue weighted by Crippen LogP contribution is 2.38. The van der Waals surface area contributed by atoms with Crippen molar-refractivity contribution in [2.45, 2.75) is 0 Å². The van der Waals surface area contributed by atoms with Crippen LogP contribution in [0, 0.1) is 0 Å². The number of anilines is 1. The van der Waals surface area contributed by atoms with E-state index in [2.05, 4.69) is 63.2 Å². The Morgan fingerprint density at radius 1 is 1.06 bits per heavy atom. The molecule has 1 nitrogen and oxygen atoms in total. The Labute approximate surface area is 106 Å². The normalized spacial score (nSPS) is 11.2. The monoisotopic (exact) mass is 239 g/mol. The van der Waals surface area contributed by atoms with Crippen molar-refractivity contribution in [2.24, 2.45) is 0 Å². The van der Waals surface area contributed by atoms with Crippen LogP contribution in [0.3, 0.4) is 0 Å². The fraction of sp³-hybridized carbons (Fsp3) is 0.143. The van der Waals surface area contributed by atoms with E-state index < -0.39 is 0 Å². The number of rotatable bonds is 1. The molecule has 3 heteroatoms. The van der Waals surface area contributed by atoms with Gasteiger partial charge in [-0.15, -0.1) is 11.3 Å². The Balaban J connectivity index is 2.51. The molecule has 0 radical (unpaired) electrons. The van der Waals surface area contributed by atoms with E-state index in [0.717, 1.165) is 0 Å². The van der Waals surface area contributed by atoms with E-state index in [9.17, 15) is 0 Å². The average molecular weight is 239 g/mol. The molecule has 0 aliphatic heterocycles. The fourth-order valence-electron chi connectivity index (χ4n) is 2.28. The lowest BCUT2D eigenvalue weighted by atomic mass is 9.93. The minimum atomic E-state index is 1.32. The molecule has 0 amide bonds. The van der Waals surface area contributed by atoms with Gasteiger partial charge in [-0.05, 0) is 12.1 Å². The number of fused-ring (bicyclic) bond motifs is 3. The third-order valence-corrected chi connectivity index (χ3v) is 4.29. The summed E-state index contributed by atoms with van der Waals surface area (Å²) in [5.74, 6) is 0. The predicted octanol–water partition coefficient (Wildman–Crippen LogP) is 2.38. The Kier molecular flexibility index (Phi) is 2.37. The first-order valence-corrected chi connectivity index (χ1v) is 6.57. The zero-order chi connectivity index (χ0) is 12.0. The van der Waals surface area contributed by atoms with Gasteiger partial charge in [0.15, 0.2) is 0 Å². The Bertz CT molecular complexity index is 700. The highest BCUT2D eigenvalue weighted by atomic mass is 32.1. The van der Waals surface area contributed by atoms with Gasteiger partial charge in [0.05, 0.1) is 10.4 Å². The lowest BCUT2D eigenvalue weighted by Gasteiger charge is -2.14. The molecule has 0 bridgehead atoms. The molecular formula is C14H14BNS. The van der Waals surface area contributed by atoms with Gasteiger partial charge in [0.2, 0.25) is 0 Å². The van der Waals surface area contributed by atoms with Crippen molar-refractivity contribution in [1.82, 2.24) is 0 Å². The molecule has 1 aromatic heterocycles. The fourth-order valence-corrected chi connectivity index (χ4v) is 3.56. The highest BCUT2D eigenvalue weighted by molar-refractivity contribution is 7.26. The second kappa shape index (κ2) is 3.78. The molecule has 2 aromatic carbocycles. The molecule has 0 aliphatic carbocycles. The zero-order valence-electron chi connectivity index (χ0n) is 10.3. The van der Waals surface area contributed by atoms with Gasteiger partial charge >= 0.3 is 0 Å². The molecular weight excluding hydrogens is 225 g/mol. The summed E-state index contributed by atoms with van der Waals surface area (Å²) in [6.45, 7) is 0. The predicted molar refractivity (Wildman–Crippen MR) is 81.8 cm³/mol. The Morgan fingerprint density at radius 2 is 1.82 bits per heavy atom. The number of thiophene rings is 1. The van der Waals surface area contributed by atoms with E-state index in [1.54, 1.807) is 0 Å². The van der Waals surface area contributed by atoms with Crippen molar-refractivity contribution in [3.8, 4) is 0 Å². The van der Waals surface area contributed by atoms with Gasteiger partial charge in [-0.25, -0.2) is 0 Å². The van der Waals surface area contributed by atoms with Crippen LogP contribution in [-0.4, -0.2) is 21.9 Å². The van der Waals surface area contributed by atoms with Crippen LogP contribution in [0.1, 0.15) is 0 Å². The Morgan fingerprint density at radius 3 is 2.59 bits per heavy atom. The zero-order valence-corrected chi connectivity index (χ0v) is 11.1. The highest BCUT2D eigenvalue weighted by Gasteiger charge is 2.10. The first kappa shape index (κ1) is 10.7. The summed E-state index contributed by atoms with van der Waals surface area (Å²) in [6, 6.07) is 13.2. The van der Waals surface area contributed by atoms with Crippen molar-refractivity contribution in [3.05, 3.63) is 36.4 Å². The van der Waals surface area contributed by atoms with Gasteiger partial charge < -0.3 is 4.90 Å². The molecule has 0 fully saturated rings. The third kappa shape index (κ3) is 1.62. The molecule has 0 saturated heterocycles. The van der Waals surface area contributed by atoms with Gasteiger partial charge in [0.25, 0.3) is 0 Å².